The number of fused-ring (bicyclic) bond motifs is 1. The topological polar surface area (TPSA) is 244 Å². The number of hydrogen-bond donors (Lipinski definition) is 5. The molecule has 19 nitrogen and oxygen atoms in total. The van der Waals surface area contributed by atoms with E-state index in [1.807, 2.05) is 90.5 Å². The zero-order valence-electron chi connectivity index (χ0n) is 48.0. The first-order valence-corrected chi connectivity index (χ1v) is 25.5. The normalized spacial score (nSPS) is 14.7. The average Bonchev–Trinajstić information content (AvgIpc) is 3.59. The van der Waals surface area contributed by atoms with Crippen molar-refractivity contribution in [2.24, 2.45) is 18.4 Å². The van der Waals surface area contributed by atoms with E-state index in [-0.39, 0.29) is 37.3 Å². The Balaban J connectivity index is 2.35. The van der Waals surface area contributed by atoms with Gasteiger partial charge in [-0.05, 0) is 118 Å². The van der Waals surface area contributed by atoms with Crippen LogP contribution in [-0.4, -0.2) is 135 Å². The summed E-state index contributed by atoms with van der Waals surface area (Å²) in [7, 11) is 4.97. The molecule has 0 bridgehead atoms. The van der Waals surface area contributed by atoms with Crippen molar-refractivity contribution >= 4 is 58.7 Å². The lowest BCUT2D eigenvalue weighted by molar-refractivity contribution is -0.159. The zero-order valence-corrected chi connectivity index (χ0v) is 48.0. The third-order valence-corrected chi connectivity index (χ3v) is 12.1. The van der Waals surface area contributed by atoms with Crippen molar-refractivity contribution in [1.29, 1.82) is 0 Å². The van der Waals surface area contributed by atoms with E-state index in [4.69, 9.17) is 14.2 Å². The number of nitrogens with one attached hydrogen (secondary N) is 4. The van der Waals surface area contributed by atoms with Gasteiger partial charge in [0.15, 0.2) is 0 Å². The number of hydrogen-bond acceptors (Lipinski definition) is 11. The fraction of sp³-hybridized carbons (Fsp3) is 0.673. The van der Waals surface area contributed by atoms with E-state index < -0.39 is 106 Å². The van der Waals surface area contributed by atoms with Crippen LogP contribution in [0.25, 0.3) is 10.9 Å². The summed E-state index contributed by atoms with van der Waals surface area (Å²) in [5, 5.41) is 21.9. The highest BCUT2D eigenvalue weighted by Gasteiger charge is 2.47. The number of unbranched alkanes of at least 4 members (excludes halogenated alkanes) is 1. The van der Waals surface area contributed by atoms with Gasteiger partial charge in [0, 0.05) is 62.2 Å². The van der Waals surface area contributed by atoms with Crippen molar-refractivity contribution < 1.29 is 57.7 Å². The van der Waals surface area contributed by atoms with Gasteiger partial charge in [-0.15, -0.1) is 0 Å². The molecule has 6 amide bonds. The maximum Gasteiger partial charge on any atom is 0.410 e. The van der Waals surface area contributed by atoms with Gasteiger partial charge < -0.3 is 50.1 Å². The molecule has 5 N–H and O–H groups in total. The smallest absolute Gasteiger partial charge is 0.410 e. The van der Waals surface area contributed by atoms with Gasteiger partial charge in [0.05, 0.1) is 6.04 Å². The van der Waals surface area contributed by atoms with E-state index in [0.717, 1.165) is 16.5 Å². The van der Waals surface area contributed by atoms with Gasteiger partial charge >= 0.3 is 24.1 Å². The van der Waals surface area contributed by atoms with Crippen LogP contribution in [0.1, 0.15) is 155 Å². The van der Waals surface area contributed by atoms with Crippen LogP contribution < -0.4 is 21.3 Å². The molecule has 0 aliphatic carbocycles. The maximum absolute atomic E-state index is 15.0. The lowest BCUT2D eigenvalue weighted by Crippen LogP contribution is -2.63. The minimum absolute atomic E-state index is 0.0948. The second-order valence-electron chi connectivity index (χ2n) is 24.2. The van der Waals surface area contributed by atoms with E-state index in [1.165, 1.54) is 23.8 Å². The summed E-state index contributed by atoms with van der Waals surface area (Å²) in [6, 6.07) is 2.15. The number of carboxylic acid groups (broad SMARTS) is 1. The molecule has 1 aromatic heterocycles. The fourth-order valence-corrected chi connectivity index (χ4v) is 8.40. The molecule has 0 unspecified atom stereocenters. The van der Waals surface area contributed by atoms with Crippen LogP contribution in [0, 0.1) is 11.3 Å². The maximum atomic E-state index is 15.0. The third-order valence-electron chi connectivity index (χ3n) is 12.1. The Morgan fingerprint density at radius 2 is 1.30 bits per heavy atom. The summed E-state index contributed by atoms with van der Waals surface area (Å²) in [5.41, 5.74) is -2.47. The van der Waals surface area contributed by atoms with Gasteiger partial charge in [0.1, 0.15) is 41.0 Å². The lowest BCUT2D eigenvalue weighted by atomic mass is 9.76. The minimum atomic E-state index is -1.50. The Labute approximate surface area is 439 Å². The largest absolute Gasteiger partial charge is 0.480 e. The molecular weight excluding hydrogens is 951 g/mol. The summed E-state index contributed by atoms with van der Waals surface area (Å²) in [6.45, 7) is 30.1. The molecule has 1 heterocycles. The number of aryl methyl sites for hydroxylation is 1. The van der Waals surface area contributed by atoms with E-state index in [0.29, 0.717) is 12.8 Å². The molecule has 0 saturated heterocycles. The van der Waals surface area contributed by atoms with Crippen molar-refractivity contribution in [3.8, 4) is 0 Å². The number of ether oxygens (including phenoxy) is 3. The zero-order chi connectivity index (χ0) is 57.1. The second kappa shape index (κ2) is 25.9. The Bertz CT molecular complexity index is 2340. The summed E-state index contributed by atoms with van der Waals surface area (Å²) in [6.07, 6.45) is 2.56. The molecule has 19 heteroatoms. The van der Waals surface area contributed by atoms with Crippen LogP contribution >= 0.6 is 0 Å². The highest BCUT2D eigenvalue weighted by atomic mass is 16.6. The van der Waals surface area contributed by atoms with E-state index in [2.05, 4.69) is 21.3 Å². The van der Waals surface area contributed by atoms with Gasteiger partial charge in [0.25, 0.3) is 0 Å². The molecule has 0 aliphatic rings. The van der Waals surface area contributed by atoms with E-state index in [1.54, 1.807) is 75.4 Å². The first-order valence-electron chi connectivity index (χ1n) is 25.5. The average molecular weight is 1040 g/mol. The molecular formula is C55H89N7O12. The predicted molar refractivity (Wildman–Crippen MR) is 285 cm³/mol. The van der Waals surface area contributed by atoms with Crippen molar-refractivity contribution in [3.05, 3.63) is 47.7 Å². The summed E-state index contributed by atoms with van der Waals surface area (Å²) in [5.74, 6) is -4.81. The SMILES string of the molecule is C/C(=C\[C@H](C(C)C)N(C)C(=O)[C@@H](NC(=O)[C@@H](N(C)C(=O)OC(C)(C)C)C(C)(C)c1cn(C)c2ccccc12)C(C)(C)C)C(=O)N[C@H](CCC(=O)N[C@H](CCCCNC(=O)OC(C)(C)C)C(=O)OC(C)(C)C)C(=O)O. The molecule has 74 heavy (non-hydrogen) atoms. The quantitative estimate of drug-likeness (QED) is 0.0333. The fourth-order valence-electron chi connectivity index (χ4n) is 8.40. The number of aliphatic carboxylic acids is 1. The van der Waals surface area contributed by atoms with Crippen molar-refractivity contribution in [2.45, 2.75) is 202 Å². The number of aromatic nitrogens is 1. The van der Waals surface area contributed by atoms with Crippen LogP contribution in [0.3, 0.4) is 0 Å². The van der Waals surface area contributed by atoms with E-state index in [9.17, 15) is 43.5 Å². The number of carbonyl (C=O) groups is 8. The molecule has 0 spiro atoms. The number of carbonyl (C=O) groups excluding carboxylic acids is 7. The summed E-state index contributed by atoms with van der Waals surface area (Å²) < 4.78 is 18.5. The molecule has 0 aliphatic heterocycles. The van der Waals surface area contributed by atoms with Crippen LogP contribution in [0.5, 0.6) is 0 Å². The number of likely N-dealkylation sites (N-methyl/N-ethyl adjacent to an activating group) is 2. The molecule has 416 valence electrons. The Morgan fingerprint density at radius 3 is 1.82 bits per heavy atom. The Hall–Kier alpha value is -6.14. The highest BCUT2D eigenvalue weighted by Crippen LogP contribution is 2.37. The van der Waals surface area contributed by atoms with Crippen LogP contribution in [-0.2, 0) is 55.4 Å². The number of esters is 1. The molecule has 2 rings (SSSR count). The first kappa shape index (κ1) is 64.0. The number of rotatable bonds is 22. The number of nitrogens with zero attached hydrogens (tertiary/aromatic N) is 3. The summed E-state index contributed by atoms with van der Waals surface area (Å²) >= 11 is 0. The highest BCUT2D eigenvalue weighted by molar-refractivity contribution is 5.97. The second-order valence-corrected chi connectivity index (χ2v) is 24.2. The van der Waals surface area contributed by atoms with Gasteiger partial charge in [-0.2, -0.15) is 0 Å². The number of para-hydroxylation sites is 1. The van der Waals surface area contributed by atoms with Crippen LogP contribution in [0.15, 0.2) is 42.1 Å². The molecule has 0 fully saturated rings. The van der Waals surface area contributed by atoms with Crippen molar-refractivity contribution in [1.82, 2.24) is 35.6 Å². The van der Waals surface area contributed by atoms with Gasteiger partial charge in [-0.3, -0.25) is 24.1 Å². The monoisotopic (exact) mass is 1040 g/mol. The van der Waals surface area contributed by atoms with Gasteiger partial charge in [0.2, 0.25) is 23.6 Å². The number of carboxylic acids is 1. The van der Waals surface area contributed by atoms with Crippen molar-refractivity contribution in [2.75, 3.05) is 20.6 Å². The summed E-state index contributed by atoms with van der Waals surface area (Å²) in [4.78, 5) is 111. The predicted octanol–water partition coefficient (Wildman–Crippen LogP) is 7.52. The molecule has 0 radical (unpaired) electrons. The number of amides is 6. The molecule has 1 aromatic carbocycles. The molecule has 2 aromatic rings. The molecule has 5 atom stereocenters. The van der Waals surface area contributed by atoms with Crippen LogP contribution in [0.4, 0.5) is 9.59 Å². The van der Waals surface area contributed by atoms with Crippen molar-refractivity contribution in [3.63, 3.8) is 0 Å². The van der Waals surface area contributed by atoms with Gasteiger partial charge in [-0.1, -0.05) is 72.7 Å². The first-order chi connectivity index (χ1) is 33.7. The minimum Gasteiger partial charge on any atom is -0.480 e. The Morgan fingerprint density at radius 1 is 0.730 bits per heavy atom. The molecule has 0 saturated carbocycles. The van der Waals surface area contributed by atoms with E-state index >= 15 is 0 Å². The Kier molecular flexibility index (Phi) is 22.4. The third kappa shape index (κ3) is 19.6. The van der Waals surface area contributed by atoms with Gasteiger partial charge in [-0.25, -0.2) is 19.2 Å². The standard InChI is InChI=1S/C55H89N7O12/c1-33(2)40(31-34(3)44(64)58-37(47(67)68)28-29-41(63)57-38(48(69)72-52(7,8)9)26-23-24-30-56-49(70)73-53(10,11)12)61(19)46(66)42(51(4,5)6)59-45(65)43(62(20)50(71)74-54(13,14)15)55(16,17)36-32-60(18)39-27-22-21-25-35(36)39/h21-22,25,27,31-33,37-38,40,42-43H,23-24,26,28-30H2,1-20H3,(H,56,70)(H,57,63)(H,58,64)(H,59,65)(H,67,68)/b34-31+/t37-,38-,40-,42-,43-/m1/s1. The van der Waals surface area contributed by atoms with Crippen LogP contribution in [0.2, 0.25) is 0 Å². The lowest BCUT2D eigenvalue weighted by Gasteiger charge is -2.42. The number of alkyl carbamates (subject to hydrolysis) is 1. The number of benzene rings is 1.